The minimum atomic E-state index is -0.00126. The molecule has 4 heteroatoms. The quantitative estimate of drug-likeness (QED) is 0.887. The van der Waals surface area contributed by atoms with E-state index in [4.69, 9.17) is 9.47 Å². The van der Waals surface area contributed by atoms with Gasteiger partial charge in [0.2, 0.25) is 5.91 Å². The molecule has 0 unspecified atom stereocenters. The lowest BCUT2D eigenvalue weighted by molar-refractivity contribution is -0.116. The van der Waals surface area contributed by atoms with Gasteiger partial charge in [-0.05, 0) is 43.2 Å². The normalized spacial score (nSPS) is 10.1. The summed E-state index contributed by atoms with van der Waals surface area (Å²) in [4.78, 5) is 12.0. The summed E-state index contributed by atoms with van der Waals surface area (Å²) in [5.41, 5.74) is 3.03. The van der Waals surface area contributed by atoms with E-state index >= 15 is 0 Å². The average Bonchev–Trinajstić information content (AvgIpc) is 2.54. The van der Waals surface area contributed by atoms with Crippen LogP contribution in [0.4, 0.5) is 5.69 Å². The van der Waals surface area contributed by atoms with Gasteiger partial charge in [0.25, 0.3) is 0 Å². The number of anilines is 1. The third-order valence-corrected chi connectivity index (χ3v) is 3.42. The van der Waals surface area contributed by atoms with E-state index in [-0.39, 0.29) is 5.91 Å². The number of ether oxygens (including phenoxy) is 2. The summed E-state index contributed by atoms with van der Waals surface area (Å²) in [5, 5.41) is 2.90. The third-order valence-electron chi connectivity index (χ3n) is 3.42. The number of benzene rings is 2. The van der Waals surface area contributed by atoms with Gasteiger partial charge in [0.1, 0.15) is 0 Å². The number of methoxy groups -OCH3 is 2. The lowest BCUT2D eigenvalue weighted by Gasteiger charge is -2.10. The van der Waals surface area contributed by atoms with Crippen molar-refractivity contribution in [2.75, 3.05) is 19.5 Å². The molecule has 22 heavy (non-hydrogen) atoms. The van der Waals surface area contributed by atoms with Crippen LogP contribution < -0.4 is 14.8 Å². The summed E-state index contributed by atoms with van der Waals surface area (Å²) in [5.74, 6) is 1.37. The molecule has 0 aromatic heterocycles. The van der Waals surface area contributed by atoms with Crippen LogP contribution in [0.2, 0.25) is 0 Å². The molecule has 0 fully saturated rings. The highest BCUT2D eigenvalue weighted by molar-refractivity contribution is 5.90. The topological polar surface area (TPSA) is 47.6 Å². The Balaban J connectivity index is 1.92. The van der Waals surface area contributed by atoms with Crippen LogP contribution in [0.5, 0.6) is 11.5 Å². The minimum absolute atomic E-state index is 0.00126. The van der Waals surface area contributed by atoms with Gasteiger partial charge in [-0.1, -0.05) is 23.8 Å². The fourth-order valence-electron chi connectivity index (χ4n) is 2.15. The number of rotatable bonds is 6. The molecule has 0 aliphatic rings. The largest absolute Gasteiger partial charge is 0.493 e. The molecule has 0 spiro atoms. The summed E-state index contributed by atoms with van der Waals surface area (Å²) in [6.45, 7) is 2.02. The third kappa shape index (κ3) is 4.25. The Morgan fingerprint density at radius 1 is 1.00 bits per heavy atom. The van der Waals surface area contributed by atoms with Crippen LogP contribution in [0.3, 0.4) is 0 Å². The first-order valence-corrected chi connectivity index (χ1v) is 7.20. The first-order valence-electron chi connectivity index (χ1n) is 7.20. The molecule has 1 amide bonds. The molecule has 2 rings (SSSR count). The molecule has 0 atom stereocenters. The molecule has 0 bridgehead atoms. The van der Waals surface area contributed by atoms with E-state index in [9.17, 15) is 4.79 Å². The lowest BCUT2D eigenvalue weighted by Crippen LogP contribution is -2.12. The number of amides is 1. The first kappa shape index (κ1) is 15.9. The van der Waals surface area contributed by atoms with Crippen LogP contribution in [0.1, 0.15) is 17.5 Å². The van der Waals surface area contributed by atoms with E-state index in [2.05, 4.69) is 5.32 Å². The monoisotopic (exact) mass is 299 g/mol. The highest BCUT2D eigenvalue weighted by Crippen LogP contribution is 2.28. The van der Waals surface area contributed by atoms with Crippen molar-refractivity contribution >= 4 is 11.6 Å². The van der Waals surface area contributed by atoms with Crippen molar-refractivity contribution in [3.63, 3.8) is 0 Å². The van der Waals surface area contributed by atoms with Gasteiger partial charge in [-0.15, -0.1) is 0 Å². The predicted molar refractivity (Wildman–Crippen MR) is 87.7 cm³/mol. The zero-order valence-electron chi connectivity index (χ0n) is 13.2. The van der Waals surface area contributed by atoms with Crippen LogP contribution in [-0.4, -0.2) is 20.1 Å². The lowest BCUT2D eigenvalue weighted by atomic mass is 10.1. The molecular weight excluding hydrogens is 278 g/mol. The van der Waals surface area contributed by atoms with E-state index in [1.807, 2.05) is 49.4 Å². The number of carbonyl (C=O) groups is 1. The standard InChI is InChI=1S/C18H21NO3/c1-13-4-8-15(9-5-13)19-18(20)11-7-14-6-10-16(21-2)17(12-14)22-3/h4-6,8-10,12H,7,11H2,1-3H3,(H,19,20). The Hall–Kier alpha value is -2.49. The van der Waals surface area contributed by atoms with Crippen molar-refractivity contribution in [1.29, 1.82) is 0 Å². The Bertz CT molecular complexity index is 635. The maximum absolute atomic E-state index is 12.0. The van der Waals surface area contributed by atoms with E-state index in [1.165, 1.54) is 5.56 Å². The van der Waals surface area contributed by atoms with E-state index in [0.717, 1.165) is 11.3 Å². The van der Waals surface area contributed by atoms with Crippen LogP contribution in [0.15, 0.2) is 42.5 Å². The van der Waals surface area contributed by atoms with Crippen LogP contribution in [0, 0.1) is 6.92 Å². The van der Waals surface area contributed by atoms with Gasteiger partial charge in [-0.2, -0.15) is 0 Å². The van der Waals surface area contributed by atoms with Crippen molar-refractivity contribution in [1.82, 2.24) is 0 Å². The van der Waals surface area contributed by atoms with E-state index < -0.39 is 0 Å². The fourth-order valence-corrected chi connectivity index (χ4v) is 2.15. The van der Waals surface area contributed by atoms with Gasteiger partial charge < -0.3 is 14.8 Å². The van der Waals surface area contributed by atoms with Gasteiger partial charge in [-0.25, -0.2) is 0 Å². The van der Waals surface area contributed by atoms with Crippen LogP contribution in [0.25, 0.3) is 0 Å². The van der Waals surface area contributed by atoms with Gasteiger partial charge in [0.05, 0.1) is 14.2 Å². The number of nitrogens with one attached hydrogen (secondary N) is 1. The maximum Gasteiger partial charge on any atom is 0.224 e. The van der Waals surface area contributed by atoms with Crippen molar-refractivity contribution in [3.8, 4) is 11.5 Å². The molecular formula is C18H21NO3. The number of hydrogen-bond acceptors (Lipinski definition) is 3. The SMILES string of the molecule is COc1ccc(CCC(=O)Nc2ccc(C)cc2)cc1OC. The van der Waals surface area contributed by atoms with Crippen molar-refractivity contribution in [2.45, 2.75) is 19.8 Å². The highest BCUT2D eigenvalue weighted by Gasteiger charge is 2.07. The summed E-state index contributed by atoms with van der Waals surface area (Å²) in [6.07, 6.45) is 1.07. The van der Waals surface area contributed by atoms with Gasteiger partial charge in [0, 0.05) is 12.1 Å². The summed E-state index contributed by atoms with van der Waals surface area (Å²) < 4.78 is 10.5. The molecule has 2 aromatic rings. The summed E-state index contributed by atoms with van der Waals surface area (Å²) in [7, 11) is 3.21. The molecule has 1 N–H and O–H groups in total. The second-order valence-corrected chi connectivity index (χ2v) is 5.10. The number of aryl methyl sites for hydroxylation is 2. The number of hydrogen-bond donors (Lipinski definition) is 1. The van der Waals surface area contributed by atoms with Crippen LogP contribution in [-0.2, 0) is 11.2 Å². The second-order valence-electron chi connectivity index (χ2n) is 5.10. The van der Waals surface area contributed by atoms with Gasteiger partial charge in [-0.3, -0.25) is 4.79 Å². The Kier molecular flexibility index (Phi) is 5.42. The first-order chi connectivity index (χ1) is 10.6. The molecule has 0 heterocycles. The van der Waals surface area contributed by atoms with E-state index in [1.54, 1.807) is 14.2 Å². The minimum Gasteiger partial charge on any atom is -0.493 e. The van der Waals surface area contributed by atoms with Crippen molar-refractivity contribution < 1.29 is 14.3 Å². The average molecular weight is 299 g/mol. The molecule has 4 nitrogen and oxygen atoms in total. The number of carbonyl (C=O) groups excluding carboxylic acids is 1. The van der Waals surface area contributed by atoms with Gasteiger partial charge >= 0.3 is 0 Å². The Labute approximate surface area is 131 Å². The molecule has 0 aliphatic heterocycles. The zero-order chi connectivity index (χ0) is 15.9. The molecule has 0 saturated carbocycles. The molecule has 116 valence electrons. The smallest absolute Gasteiger partial charge is 0.224 e. The Morgan fingerprint density at radius 2 is 1.68 bits per heavy atom. The molecule has 0 saturated heterocycles. The Morgan fingerprint density at radius 3 is 2.32 bits per heavy atom. The highest BCUT2D eigenvalue weighted by atomic mass is 16.5. The predicted octanol–water partition coefficient (Wildman–Crippen LogP) is 3.58. The van der Waals surface area contributed by atoms with Gasteiger partial charge in [0.15, 0.2) is 11.5 Å². The van der Waals surface area contributed by atoms with Crippen molar-refractivity contribution in [2.24, 2.45) is 0 Å². The zero-order valence-corrected chi connectivity index (χ0v) is 13.2. The fraction of sp³-hybridized carbons (Fsp3) is 0.278. The van der Waals surface area contributed by atoms with Crippen molar-refractivity contribution in [3.05, 3.63) is 53.6 Å². The summed E-state index contributed by atoms with van der Waals surface area (Å²) in [6, 6.07) is 13.5. The second kappa shape index (κ2) is 7.50. The molecule has 0 radical (unpaired) electrons. The summed E-state index contributed by atoms with van der Waals surface area (Å²) >= 11 is 0. The maximum atomic E-state index is 12.0. The molecule has 0 aliphatic carbocycles. The molecule has 2 aromatic carbocycles. The van der Waals surface area contributed by atoms with Crippen LogP contribution >= 0.6 is 0 Å². The van der Waals surface area contributed by atoms with E-state index in [0.29, 0.717) is 24.3 Å².